The van der Waals surface area contributed by atoms with Crippen LogP contribution in [0.3, 0.4) is 0 Å². The summed E-state index contributed by atoms with van der Waals surface area (Å²) in [6.07, 6.45) is 0. The highest BCUT2D eigenvalue weighted by Gasteiger charge is 2.37. The number of aromatic nitrogens is 3. The van der Waals surface area contributed by atoms with E-state index >= 15 is 0 Å². The van der Waals surface area contributed by atoms with Crippen LogP contribution in [0.25, 0.3) is 0 Å². The molecule has 2 aromatic carbocycles. The van der Waals surface area contributed by atoms with Gasteiger partial charge < -0.3 is 15.5 Å². The topological polar surface area (TPSA) is 81.1 Å². The largest absolute Gasteiger partial charge is 0.496 e. The van der Waals surface area contributed by atoms with Crippen molar-refractivity contribution < 1.29 is 9.53 Å². The first kappa shape index (κ1) is 19.8. The van der Waals surface area contributed by atoms with Crippen molar-refractivity contribution in [1.29, 1.82) is 0 Å². The highest BCUT2D eigenvalue weighted by Crippen LogP contribution is 2.39. The van der Waals surface area contributed by atoms with Gasteiger partial charge in [-0.25, -0.2) is 4.68 Å². The summed E-state index contributed by atoms with van der Waals surface area (Å²) >= 11 is 4.94. The summed E-state index contributed by atoms with van der Waals surface area (Å²) in [6, 6.07) is 13.3. The van der Waals surface area contributed by atoms with Gasteiger partial charge in [0.1, 0.15) is 16.8 Å². The predicted molar refractivity (Wildman–Crippen MR) is 117 cm³/mol. The molecule has 29 heavy (non-hydrogen) atoms. The van der Waals surface area contributed by atoms with Gasteiger partial charge in [0.25, 0.3) is 0 Å². The number of benzene rings is 2. The second kappa shape index (κ2) is 8.08. The number of hydrogen-bond acceptors (Lipinski definition) is 6. The molecule has 3 aromatic rings. The third-order valence-corrected chi connectivity index (χ3v) is 6.51. The van der Waals surface area contributed by atoms with E-state index in [4.69, 9.17) is 4.74 Å². The van der Waals surface area contributed by atoms with Crippen molar-refractivity contribution in [2.45, 2.75) is 30.3 Å². The molecular formula is C20H20BrN5O2S. The number of hydrogen-bond donors (Lipinski definition) is 2. The van der Waals surface area contributed by atoms with Crippen LogP contribution in [-0.4, -0.2) is 33.1 Å². The minimum Gasteiger partial charge on any atom is -0.496 e. The van der Waals surface area contributed by atoms with Crippen LogP contribution >= 0.6 is 27.7 Å². The Morgan fingerprint density at radius 2 is 2.07 bits per heavy atom. The number of carbonyl (C=O) groups excluding carboxylic acids is 1. The van der Waals surface area contributed by atoms with Gasteiger partial charge in [0, 0.05) is 5.69 Å². The number of halogens is 1. The molecule has 1 amide bonds. The SMILES string of the molecule is COc1ccc(C2Nn3c(C)nnc3SC2C(=O)Nc2cccc(C)c2)cc1Br. The van der Waals surface area contributed by atoms with Gasteiger partial charge in [0.15, 0.2) is 0 Å². The Kier molecular flexibility index (Phi) is 5.51. The number of nitrogens with zero attached hydrogens (tertiary/aromatic N) is 3. The fourth-order valence-electron chi connectivity index (χ4n) is 3.22. The molecule has 7 nitrogen and oxygen atoms in total. The number of methoxy groups -OCH3 is 1. The second-order valence-corrected chi connectivity index (χ2v) is 8.73. The van der Waals surface area contributed by atoms with Gasteiger partial charge in [-0.1, -0.05) is 30.0 Å². The number of thioether (sulfide) groups is 1. The maximum Gasteiger partial charge on any atom is 0.240 e. The van der Waals surface area contributed by atoms with Crippen molar-refractivity contribution in [3.05, 3.63) is 63.9 Å². The average molecular weight is 474 g/mol. The molecule has 1 aromatic heterocycles. The minimum atomic E-state index is -0.438. The van der Waals surface area contributed by atoms with Crippen molar-refractivity contribution in [3.8, 4) is 5.75 Å². The van der Waals surface area contributed by atoms with Gasteiger partial charge in [-0.15, -0.1) is 10.2 Å². The highest BCUT2D eigenvalue weighted by molar-refractivity contribution is 9.10. The van der Waals surface area contributed by atoms with E-state index in [1.807, 2.05) is 61.0 Å². The predicted octanol–water partition coefficient (Wildman–Crippen LogP) is 4.06. The Morgan fingerprint density at radius 3 is 2.79 bits per heavy atom. The molecular weight excluding hydrogens is 454 g/mol. The lowest BCUT2D eigenvalue weighted by Crippen LogP contribution is -2.41. The number of ether oxygens (including phenoxy) is 1. The first-order valence-electron chi connectivity index (χ1n) is 9.02. The molecule has 2 unspecified atom stereocenters. The first-order valence-corrected chi connectivity index (χ1v) is 10.7. The Labute approximate surface area is 181 Å². The van der Waals surface area contributed by atoms with Crippen LogP contribution in [-0.2, 0) is 4.79 Å². The van der Waals surface area contributed by atoms with Crippen molar-refractivity contribution in [2.24, 2.45) is 0 Å². The van der Waals surface area contributed by atoms with E-state index in [1.165, 1.54) is 11.8 Å². The fourth-order valence-corrected chi connectivity index (χ4v) is 4.91. The summed E-state index contributed by atoms with van der Waals surface area (Å²) in [5.41, 5.74) is 6.21. The lowest BCUT2D eigenvalue weighted by atomic mass is 10.0. The average Bonchev–Trinajstić information content (AvgIpc) is 3.07. The van der Waals surface area contributed by atoms with Gasteiger partial charge in [-0.3, -0.25) is 4.79 Å². The Bertz CT molecular complexity index is 1070. The smallest absolute Gasteiger partial charge is 0.240 e. The van der Waals surface area contributed by atoms with E-state index in [2.05, 4.69) is 36.9 Å². The maximum absolute atomic E-state index is 13.2. The summed E-state index contributed by atoms with van der Waals surface area (Å²) in [4.78, 5) is 13.2. The highest BCUT2D eigenvalue weighted by atomic mass is 79.9. The van der Waals surface area contributed by atoms with Crippen LogP contribution in [0.5, 0.6) is 5.75 Å². The number of amides is 1. The van der Waals surface area contributed by atoms with Gasteiger partial charge in [0.05, 0.1) is 17.6 Å². The first-order chi connectivity index (χ1) is 14.0. The number of anilines is 1. The van der Waals surface area contributed by atoms with Gasteiger partial charge in [0.2, 0.25) is 11.1 Å². The van der Waals surface area contributed by atoms with Crippen molar-refractivity contribution >= 4 is 39.3 Å². The molecule has 2 atom stereocenters. The number of fused-ring (bicyclic) bond motifs is 1. The number of nitrogens with one attached hydrogen (secondary N) is 2. The molecule has 0 saturated carbocycles. The van der Waals surface area contributed by atoms with Gasteiger partial charge in [-0.2, -0.15) is 0 Å². The van der Waals surface area contributed by atoms with E-state index in [-0.39, 0.29) is 11.9 Å². The molecule has 1 aliphatic heterocycles. The van der Waals surface area contributed by atoms with Crippen molar-refractivity contribution in [3.63, 3.8) is 0 Å². The molecule has 4 rings (SSSR count). The molecule has 2 N–H and O–H groups in total. The van der Waals surface area contributed by atoms with Gasteiger partial charge >= 0.3 is 0 Å². The minimum absolute atomic E-state index is 0.100. The van der Waals surface area contributed by atoms with Crippen LogP contribution in [0.2, 0.25) is 0 Å². The summed E-state index contributed by atoms with van der Waals surface area (Å²) in [5.74, 6) is 1.37. The standard InChI is InChI=1S/C20H20BrN5O2S/c1-11-5-4-6-14(9-11)22-19(27)18-17(13-7-8-16(28-3)15(21)10-13)25-26-12(2)23-24-20(26)29-18/h4-10,17-18,25H,1-3H3,(H,22,27). The van der Waals surface area contributed by atoms with Crippen LogP contribution in [0.4, 0.5) is 5.69 Å². The van der Waals surface area contributed by atoms with Crippen molar-refractivity contribution in [2.75, 3.05) is 17.9 Å². The number of carbonyl (C=O) groups is 1. The van der Waals surface area contributed by atoms with Crippen molar-refractivity contribution in [1.82, 2.24) is 14.9 Å². The maximum atomic E-state index is 13.2. The van der Waals surface area contributed by atoms with E-state index in [1.54, 1.807) is 7.11 Å². The third kappa shape index (κ3) is 3.97. The van der Waals surface area contributed by atoms with Crippen LogP contribution in [0.1, 0.15) is 23.0 Å². The molecule has 0 aliphatic carbocycles. The monoisotopic (exact) mass is 473 g/mol. The Morgan fingerprint density at radius 1 is 1.24 bits per heavy atom. The number of aryl methyl sites for hydroxylation is 2. The van der Waals surface area contributed by atoms with Crippen LogP contribution in [0, 0.1) is 13.8 Å². The van der Waals surface area contributed by atoms with E-state index in [9.17, 15) is 4.79 Å². The van der Waals surface area contributed by atoms with E-state index in [0.717, 1.165) is 32.9 Å². The molecule has 1 aliphatic rings. The van der Waals surface area contributed by atoms with E-state index < -0.39 is 5.25 Å². The molecule has 0 saturated heterocycles. The quantitative estimate of drug-likeness (QED) is 0.594. The Hall–Kier alpha value is -2.52. The lowest BCUT2D eigenvalue weighted by Gasteiger charge is -2.33. The van der Waals surface area contributed by atoms with Gasteiger partial charge in [-0.05, 0) is 65.2 Å². The normalized spacial score (nSPS) is 17.9. The molecule has 150 valence electrons. The summed E-state index contributed by atoms with van der Waals surface area (Å²) in [7, 11) is 1.62. The van der Waals surface area contributed by atoms with Crippen LogP contribution in [0.15, 0.2) is 52.1 Å². The molecule has 9 heteroatoms. The molecule has 0 fully saturated rings. The number of rotatable bonds is 4. The molecule has 0 bridgehead atoms. The zero-order chi connectivity index (χ0) is 20.5. The third-order valence-electron chi connectivity index (χ3n) is 4.68. The van der Waals surface area contributed by atoms with Crippen LogP contribution < -0.4 is 15.5 Å². The lowest BCUT2D eigenvalue weighted by molar-refractivity contribution is -0.116. The van der Waals surface area contributed by atoms with E-state index in [0.29, 0.717) is 5.16 Å². The summed E-state index contributed by atoms with van der Waals surface area (Å²) in [5, 5.41) is 11.6. The molecule has 2 heterocycles. The summed E-state index contributed by atoms with van der Waals surface area (Å²) < 4.78 is 7.99. The second-order valence-electron chi connectivity index (χ2n) is 6.76. The molecule has 0 radical (unpaired) electrons. The summed E-state index contributed by atoms with van der Waals surface area (Å²) in [6.45, 7) is 3.87. The fraction of sp³-hybridized carbons (Fsp3) is 0.250. The molecule has 0 spiro atoms. The zero-order valence-electron chi connectivity index (χ0n) is 16.1. The Balaban J connectivity index is 1.68. The zero-order valence-corrected chi connectivity index (χ0v) is 18.5.